The van der Waals surface area contributed by atoms with Crippen LogP contribution >= 0.6 is 0 Å². The summed E-state index contributed by atoms with van der Waals surface area (Å²) in [6.45, 7) is 10.0. The van der Waals surface area contributed by atoms with Crippen molar-refractivity contribution in [3.8, 4) is 0 Å². The van der Waals surface area contributed by atoms with E-state index in [1.165, 1.54) is 0 Å². The van der Waals surface area contributed by atoms with Crippen molar-refractivity contribution in [2.45, 2.75) is 59.5 Å². The van der Waals surface area contributed by atoms with E-state index in [4.69, 9.17) is 4.74 Å². The molecule has 0 aliphatic rings. The van der Waals surface area contributed by atoms with E-state index < -0.39 is 0 Å². The van der Waals surface area contributed by atoms with Crippen LogP contribution in [0.2, 0.25) is 0 Å². The van der Waals surface area contributed by atoms with Gasteiger partial charge in [-0.05, 0) is 26.7 Å². The Morgan fingerprint density at radius 1 is 1.14 bits per heavy atom. The molecule has 0 aliphatic heterocycles. The minimum Gasteiger partial charge on any atom is -0.379 e. The summed E-state index contributed by atoms with van der Waals surface area (Å²) >= 11 is 0. The number of rotatable bonds is 5. The van der Waals surface area contributed by atoms with Crippen molar-refractivity contribution in [3.05, 3.63) is 0 Å². The zero-order valence-corrected chi connectivity index (χ0v) is 10.4. The van der Waals surface area contributed by atoms with Crippen LogP contribution in [0.3, 0.4) is 0 Å². The number of methoxy groups -OCH3 is 1. The van der Waals surface area contributed by atoms with Crippen molar-refractivity contribution in [2.75, 3.05) is 7.11 Å². The number of hydrogen-bond acceptors (Lipinski definition) is 2. The molecular formula is C12H24O2. The van der Waals surface area contributed by atoms with E-state index in [0.29, 0.717) is 12.2 Å². The summed E-state index contributed by atoms with van der Waals surface area (Å²) in [5, 5.41) is 0. The standard InChI is InChI=1S/C12H24O2/c1-11(2,3)10(13)8-7-9-12(4,5)14-6/h7-9H2,1-6H3. The fraction of sp³-hybridized carbons (Fsp3) is 0.917. The first-order valence-corrected chi connectivity index (χ1v) is 5.27. The van der Waals surface area contributed by atoms with Gasteiger partial charge in [-0.2, -0.15) is 0 Å². The highest BCUT2D eigenvalue weighted by Gasteiger charge is 2.22. The average Bonchev–Trinajstić information content (AvgIpc) is 2.02. The number of ether oxygens (including phenoxy) is 1. The minimum atomic E-state index is -0.197. The Morgan fingerprint density at radius 2 is 1.64 bits per heavy atom. The molecule has 2 nitrogen and oxygen atoms in total. The Balaban J connectivity index is 3.82. The second-order valence-electron chi connectivity index (χ2n) is 5.49. The van der Waals surface area contributed by atoms with E-state index in [-0.39, 0.29) is 11.0 Å². The van der Waals surface area contributed by atoms with Gasteiger partial charge in [-0.1, -0.05) is 20.8 Å². The smallest absolute Gasteiger partial charge is 0.138 e. The van der Waals surface area contributed by atoms with Gasteiger partial charge in [0.15, 0.2) is 0 Å². The fourth-order valence-corrected chi connectivity index (χ4v) is 1.15. The van der Waals surface area contributed by atoms with Crippen LogP contribution in [-0.4, -0.2) is 18.5 Å². The number of carbonyl (C=O) groups excluding carboxylic acids is 1. The van der Waals surface area contributed by atoms with Gasteiger partial charge in [-0.15, -0.1) is 0 Å². The van der Waals surface area contributed by atoms with Gasteiger partial charge in [0.25, 0.3) is 0 Å². The van der Waals surface area contributed by atoms with Crippen molar-refractivity contribution in [1.29, 1.82) is 0 Å². The topological polar surface area (TPSA) is 26.3 Å². The number of carbonyl (C=O) groups is 1. The third kappa shape index (κ3) is 5.38. The summed E-state index contributed by atoms with van der Waals surface area (Å²) in [7, 11) is 1.71. The molecule has 0 unspecified atom stereocenters. The monoisotopic (exact) mass is 200 g/mol. The Hall–Kier alpha value is -0.370. The molecule has 0 bridgehead atoms. The molecule has 0 N–H and O–H groups in total. The van der Waals surface area contributed by atoms with Crippen LogP contribution in [0.4, 0.5) is 0 Å². The SMILES string of the molecule is COC(C)(C)CCCC(=O)C(C)(C)C. The number of hydrogen-bond donors (Lipinski definition) is 0. The van der Waals surface area contributed by atoms with E-state index in [2.05, 4.69) is 13.8 Å². The van der Waals surface area contributed by atoms with Gasteiger partial charge in [0, 0.05) is 18.9 Å². The van der Waals surface area contributed by atoms with Crippen LogP contribution in [0.5, 0.6) is 0 Å². The zero-order chi connectivity index (χ0) is 11.4. The van der Waals surface area contributed by atoms with Gasteiger partial charge in [-0.25, -0.2) is 0 Å². The Bertz CT molecular complexity index is 187. The first-order valence-electron chi connectivity index (χ1n) is 5.27. The molecule has 14 heavy (non-hydrogen) atoms. The molecule has 0 saturated heterocycles. The molecule has 84 valence electrons. The van der Waals surface area contributed by atoms with Crippen molar-refractivity contribution in [2.24, 2.45) is 5.41 Å². The molecule has 2 heteroatoms. The predicted octanol–water partition coefficient (Wildman–Crippen LogP) is 3.20. The van der Waals surface area contributed by atoms with Crippen LogP contribution < -0.4 is 0 Å². The Kier molecular flexibility index (Phi) is 4.79. The highest BCUT2D eigenvalue weighted by Crippen LogP contribution is 2.21. The van der Waals surface area contributed by atoms with Gasteiger partial charge in [-0.3, -0.25) is 4.79 Å². The van der Waals surface area contributed by atoms with E-state index >= 15 is 0 Å². The largest absolute Gasteiger partial charge is 0.379 e. The predicted molar refractivity (Wildman–Crippen MR) is 59.4 cm³/mol. The summed E-state index contributed by atoms with van der Waals surface area (Å²) in [5.41, 5.74) is -0.296. The highest BCUT2D eigenvalue weighted by atomic mass is 16.5. The van der Waals surface area contributed by atoms with Gasteiger partial charge in [0.2, 0.25) is 0 Å². The van der Waals surface area contributed by atoms with Crippen LogP contribution in [0.1, 0.15) is 53.9 Å². The highest BCUT2D eigenvalue weighted by molar-refractivity contribution is 5.83. The summed E-state index contributed by atoms with van der Waals surface area (Å²) in [6, 6.07) is 0. The maximum atomic E-state index is 11.6. The van der Waals surface area contributed by atoms with Crippen LogP contribution in [0, 0.1) is 5.41 Å². The lowest BCUT2D eigenvalue weighted by Gasteiger charge is -2.23. The third-order valence-electron chi connectivity index (χ3n) is 2.57. The molecule has 0 radical (unpaired) electrons. The lowest BCUT2D eigenvalue weighted by molar-refractivity contribution is -0.126. The number of Topliss-reactive ketones (excluding diaryl/α,β-unsaturated/α-hetero) is 1. The third-order valence-corrected chi connectivity index (χ3v) is 2.57. The molecule has 0 saturated carbocycles. The summed E-state index contributed by atoms with van der Waals surface area (Å²) in [4.78, 5) is 11.6. The molecule has 0 aliphatic carbocycles. The van der Waals surface area contributed by atoms with Crippen molar-refractivity contribution < 1.29 is 9.53 Å². The lowest BCUT2D eigenvalue weighted by Crippen LogP contribution is -2.24. The first-order chi connectivity index (χ1) is 6.19. The van der Waals surface area contributed by atoms with Crippen LogP contribution in [0.25, 0.3) is 0 Å². The second kappa shape index (κ2) is 4.92. The maximum absolute atomic E-state index is 11.6. The van der Waals surface area contributed by atoms with Gasteiger partial charge in [0.1, 0.15) is 5.78 Å². The van der Waals surface area contributed by atoms with Gasteiger partial charge >= 0.3 is 0 Å². The molecule has 0 amide bonds. The minimum absolute atomic E-state index is 0.0990. The summed E-state index contributed by atoms with van der Waals surface area (Å²) in [5.74, 6) is 0.337. The summed E-state index contributed by atoms with van der Waals surface area (Å²) in [6.07, 6.45) is 2.51. The van der Waals surface area contributed by atoms with Crippen molar-refractivity contribution in [1.82, 2.24) is 0 Å². The number of ketones is 1. The summed E-state index contributed by atoms with van der Waals surface area (Å²) < 4.78 is 5.29. The van der Waals surface area contributed by atoms with E-state index in [0.717, 1.165) is 12.8 Å². The first kappa shape index (κ1) is 13.6. The molecule has 0 rings (SSSR count). The van der Waals surface area contributed by atoms with Crippen LogP contribution in [-0.2, 0) is 9.53 Å². The van der Waals surface area contributed by atoms with E-state index in [9.17, 15) is 4.79 Å². The zero-order valence-electron chi connectivity index (χ0n) is 10.4. The van der Waals surface area contributed by atoms with E-state index in [1.807, 2.05) is 20.8 Å². The quantitative estimate of drug-likeness (QED) is 0.681. The molecular weight excluding hydrogens is 176 g/mol. The lowest BCUT2D eigenvalue weighted by atomic mass is 9.87. The normalized spacial score (nSPS) is 13.0. The van der Waals surface area contributed by atoms with Crippen LogP contribution in [0.15, 0.2) is 0 Å². The van der Waals surface area contributed by atoms with Crippen molar-refractivity contribution >= 4 is 5.78 Å². The Labute approximate surface area is 88.0 Å². The average molecular weight is 200 g/mol. The molecule has 0 heterocycles. The molecule has 0 atom stereocenters. The Morgan fingerprint density at radius 3 is 2.00 bits per heavy atom. The molecule has 0 fully saturated rings. The molecule has 0 aromatic carbocycles. The fourth-order valence-electron chi connectivity index (χ4n) is 1.15. The van der Waals surface area contributed by atoms with Gasteiger partial charge in [0.05, 0.1) is 5.60 Å². The molecule has 0 aromatic heterocycles. The van der Waals surface area contributed by atoms with Crippen molar-refractivity contribution in [3.63, 3.8) is 0 Å². The molecule has 0 spiro atoms. The maximum Gasteiger partial charge on any atom is 0.138 e. The molecule has 0 aromatic rings. The van der Waals surface area contributed by atoms with Gasteiger partial charge < -0.3 is 4.74 Å². The second-order valence-corrected chi connectivity index (χ2v) is 5.49. The van der Waals surface area contributed by atoms with E-state index in [1.54, 1.807) is 7.11 Å².